The maximum absolute atomic E-state index is 12.0. The first-order chi connectivity index (χ1) is 12.7. The molecule has 0 radical (unpaired) electrons. The first-order valence-electron chi connectivity index (χ1n) is 9.88. The fourth-order valence-corrected chi connectivity index (χ4v) is 4.60. The number of hydrogen-bond acceptors (Lipinski definition) is 4. The molecule has 26 heavy (non-hydrogen) atoms. The number of benzene rings is 1. The molecule has 3 aliphatic rings. The number of hydrogen-bond donors (Lipinski definition) is 2. The van der Waals surface area contributed by atoms with E-state index in [1.807, 2.05) is 12.1 Å². The van der Waals surface area contributed by atoms with E-state index in [9.17, 15) is 9.59 Å². The molecule has 0 unspecified atom stereocenters. The minimum atomic E-state index is -0.322. The van der Waals surface area contributed by atoms with Gasteiger partial charge in [-0.3, -0.25) is 15.0 Å². The summed E-state index contributed by atoms with van der Waals surface area (Å²) in [5.74, 6) is 1.59. The highest BCUT2D eigenvalue weighted by atomic mass is 16.2. The van der Waals surface area contributed by atoms with E-state index >= 15 is 0 Å². The van der Waals surface area contributed by atoms with Gasteiger partial charge in [0.1, 0.15) is 0 Å². The molecule has 3 heterocycles. The molecule has 0 atom stereocenters. The van der Waals surface area contributed by atoms with E-state index in [2.05, 4.69) is 27.7 Å². The zero-order valence-corrected chi connectivity index (χ0v) is 15.2. The highest BCUT2D eigenvalue weighted by Crippen LogP contribution is 2.33. The lowest BCUT2D eigenvalue weighted by molar-refractivity contribution is -0.120. The molecule has 0 aromatic heterocycles. The summed E-state index contributed by atoms with van der Waals surface area (Å²) in [4.78, 5) is 27.3. The molecule has 6 nitrogen and oxygen atoms in total. The number of carbonyl (C=O) groups is 2. The molecule has 3 saturated heterocycles. The van der Waals surface area contributed by atoms with Crippen LogP contribution in [0, 0.1) is 11.8 Å². The number of nitrogens with zero attached hydrogens (tertiary/aromatic N) is 2. The zero-order valence-electron chi connectivity index (χ0n) is 15.2. The molecule has 6 heteroatoms. The Hall–Kier alpha value is -2.08. The normalized spacial score (nSPS) is 23.2. The lowest BCUT2D eigenvalue weighted by Crippen LogP contribution is -2.49. The second-order valence-corrected chi connectivity index (χ2v) is 7.68. The first kappa shape index (κ1) is 17.3. The van der Waals surface area contributed by atoms with E-state index in [0.29, 0.717) is 13.0 Å². The van der Waals surface area contributed by atoms with Gasteiger partial charge in [-0.25, -0.2) is 4.79 Å². The van der Waals surface area contributed by atoms with Crippen molar-refractivity contribution >= 4 is 23.3 Å². The fourth-order valence-electron chi connectivity index (χ4n) is 4.60. The summed E-state index contributed by atoms with van der Waals surface area (Å²) in [6.07, 6.45) is 5.59. The second-order valence-electron chi connectivity index (χ2n) is 7.68. The summed E-state index contributed by atoms with van der Waals surface area (Å²) in [6, 6.07) is 7.86. The molecule has 140 valence electrons. The molecule has 1 aromatic rings. The Labute approximate surface area is 154 Å². The third-order valence-electron chi connectivity index (χ3n) is 6.17. The Morgan fingerprint density at radius 2 is 1.42 bits per heavy atom. The maximum Gasteiger partial charge on any atom is 0.328 e. The molecule has 1 aromatic carbocycles. The SMILES string of the molecule is O=C1CCN(c2ccc(N3CCC(C4CCNCC4)CC3)cc2)C(=O)N1. The minimum absolute atomic E-state index is 0.195. The topological polar surface area (TPSA) is 64.7 Å². The Balaban J connectivity index is 1.34. The van der Waals surface area contributed by atoms with Gasteiger partial charge in [0.05, 0.1) is 0 Å². The van der Waals surface area contributed by atoms with Crippen LogP contribution in [0.3, 0.4) is 0 Å². The number of rotatable bonds is 3. The summed E-state index contributed by atoms with van der Waals surface area (Å²) in [7, 11) is 0. The van der Waals surface area contributed by atoms with Crippen molar-refractivity contribution in [2.24, 2.45) is 11.8 Å². The van der Waals surface area contributed by atoms with E-state index in [4.69, 9.17) is 0 Å². The number of imide groups is 1. The summed E-state index contributed by atoms with van der Waals surface area (Å²) in [5.41, 5.74) is 2.08. The van der Waals surface area contributed by atoms with Gasteiger partial charge in [0.2, 0.25) is 5.91 Å². The number of piperidine rings is 2. The number of amides is 3. The number of nitrogens with one attached hydrogen (secondary N) is 2. The van der Waals surface area contributed by atoms with Gasteiger partial charge in [-0.1, -0.05) is 0 Å². The lowest BCUT2D eigenvalue weighted by atomic mass is 9.79. The molecule has 3 amide bonds. The number of carbonyl (C=O) groups excluding carboxylic acids is 2. The van der Waals surface area contributed by atoms with Crippen molar-refractivity contribution in [2.45, 2.75) is 32.1 Å². The predicted octanol–water partition coefficient (Wildman–Crippen LogP) is 2.35. The lowest BCUT2D eigenvalue weighted by Gasteiger charge is -2.39. The van der Waals surface area contributed by atoms with Crippen LogP contribution in [0.15, 0.2) is 24.3 Å². The smallest absolute Gasteiger partial charge is 0.328 e. The van der Waals surface area contributed by atoms with Gasteiger partial charge in [-0.15, -0.1) is 0 Å². The molecule has 0 aliphatic carbocycles. The summed E-state index contributed by atoms with van der Waals surface area (Å²) in [6.45, 7) is 5.05. The molecule has 0 spiro atoms. The zero-order chi connectivity index (χ0) is 17.9. The third kappa shape index (κ3) is 3.70. The number of urea groups is 1. The Morgan fingerprint density at radius 1 is 0.808 bits per heavy atom. The first-order valence-corrected chi connectivity index (χ1v) is 9.88. The van der Waals surface area contributed by atoms with Crippen LogP contribution in [0.25, 0.3) is 0 Å². The van der Waals surface area contributed by atoms with Crippen LogP contribution in [-0.4, -0.2) is 44.7 Å². The van der Waals surface area contributed by atoms with Crippen LogP contribution >= 0.6 is 0 Å². The third-order valence-corrected chi connectivity index (χ3v) is 6.17. The van der Waals surface area contributed by atoms with E-state index < -0.39 is 0 Å². The fraction of sp³-hybridized carbons (Fsp3) is 0.600. The Morgan fingerprint density at radius 3 is 2.08 bits per heavy atom. The number of anilines is 2. The average molecular weight is 356 g/mol. The van der Waals surface area contributed by atoms with Gasteiger partial charge in [-0.05, 0) is 74.9 Å². The van der Waals surface area contributed by atoms with E-state index in [1.165, 1.54) is 44.5 Å². The molecule has 3 fully saturated rings. The van der Waals surface area contributed by atoms with Gasteiger partial charge >= 0.3 is 6.03 Å². The van der Waals surface area contributed by atoms with Crippen molar-refractivity contribution in [1.82, 2.24) is 10.6 Å². The molecule has 3 aliphatic heterocycles. The van der Waals surface area contributed by atoms with Crippen LogP contribution in [0.4, 0.5) is 16.2 Å². The Kier molecular flexibility index (Phi) is 5.11. The Bertz CT molecular complexity index is 646. The molecule has 0 saturated carbocycles. The van der Waals surface area contributed by atoms with Crippen LogP contribution in [0.1, 0.15) is 32.1 Å². The summed E-state index contributed by atoms with van der Waals surface area (Å²) < 4.78 is 0. The van der Waals surface area contributed by atoms with Crippen molar-refractivity contribution in [3.05, 3.63) is 24.3 Å². The van der Waals surface area contributed by atoms with Crippen LogP contribution < -0.4 is 20.4 Å². The largest absolute Gasteiger partial charge is 0.372 e. The highest BCUT2D eigenvalue weighted by molar-refractivity contribution is 6.05. The van der Waals surface area contributed by atoms with Crippen LogP contribution in [-0.2, 0) is 4.79 Å². The predicted molar refractivity (Wildman–Crippen MR) is 102 cm³/mol. The van der Waals surface area contributed by atoms with Crippen molar-refractivity contribution in [2.75, 3.05) is 42.5 Å². The van der Waals surface area contributed by atoms with Gasteiger partial charge in [-0.2, -0.15) is 0 Å². The molecular formula is C20H28N4O2. The summed E-state index contributed by atoms with van der Waals surface area (Å²) >= 11 is 0. The van der Waals surface area contributed by atoms with Crippen molar-refractivity contribution in [3.8, 4) is 0 Å². The van der Waals surface area contributed by atoms with Crippen molar-refractivity contribution < 1.29 is 9.59 Å². The van der Waals surface area contributed by atoms with Gasteiger partial charge in [0, 0.05) is 37.4 Å². The summed E-state index contributed by atoms with van der Waals surface area (Å²) in [5, 5.41) is 5.84. The second kappa shape index (κ2) is 7.66. The quantitative estimate of drug-likeness (QED) is 0.873. The highest BCUT2D eigenvalue weighted by Gasteiger charge is 2.28. The van der Waals surface area contributed by atoms with Crippen LogP contribution in [0.5, 0.6) is 0 Å². The van der Waals surface area contributed by atoms with Crippen molar-refractivity contribution in [3.63, 3.8) is 0 Å². The standard InChI is InChI=1S/C20H28N4O2/c25-19-9-14-24(20(26)22-19)18-3-1-17(2-4-18)23-12-7-16(8-13-23)15-5-10-21-11-6-15/h1-4,15-16,21H,5-14H2,(H,22,25,26). The van der Waals surface area contributed by atoms with Gasteiger partial charge in [0.15, 0.2) is 0 Å². The minimum Gasteiger partial charge on any atom is -0.372 e. The van der Waals surface area contributed by atoms with E-state index in [1.54, 1.807) is 4.90 Å². The maximum atomic E-state index is 12.0. The molecular weight excluding hydrogens is 328 g/mol. The molecule has 4 rings (SSSR count). The average Bonchev–Trinajstić information content (AvgIpc) is 2.69. The molecule has 0 bridgehead atoms. The van der Waals surface area contributed by atoms with Crippen molar-refractivity contribution in [1.29, 1.82) is 0 Å². The monoisotopic (exact) mass is 356 g/mol. The van der Waals surface area contributed by atoms with Gasteiger partial charge < -0.3 is 10.2 Å². The van der Waals surface area contributed by atoms with E-state index in [0.717, 1.165) is 30.6 Å². The van der Waals surface area contributed by atoms with Crippen LogP contribution in [0.2, 0.25) is 0 Å². The van der Waals surface area contributed by atoms with E-state index in [-0.39, 0.29) is 11.9 Å². The molecule has 2 N–H and O–H groups in total. The van der Waals surface area contributed by atoms with Gasteiger partial charge in [0.25, 0.3) is 0 Å².